The van der Waals surface area contributed by atoms with Gasteiger partial charge >= 0.3 is 0 Å². The molecule has 1 aliphatic heterocycles. The lowest BCUT2D eigenvalue weighted by Gasteiger charge is -2.44. The highest BCUT2D eigenvalue weighted by Gasteiger charge is 2.43. The molecule has 3 aromatic rings. The summed E-state index contributed by atoms with van der Waals surface area (Å²) in [6.07, 6.45) is 3.94. The molecule has 0 N–H and O–H groups in total. The largest absolute Gasteiger partial charge is 0.317 e. The van der Waals surface area contributed by atoms with E-state index in [1.54, 1.807) is 12.1 Å². The van der Waals surface area contributed by atoms with Crippen LogP contribution in [0, 0.1) is 10.1 Å². The maximum absolute atomic E-state index is 13.4. The average molecular weight is 465 g/mol. The van der Waals surface area contributed by atoms with Crippen molar-refractivity contribution in [2.75, 3.05) is 4.90 Å². The Kier molecular flexibility index (Phi) is 5.10. The molecule has 0 saturated heterocycles. The van der Waals surface area contributed by atoms with Crippen LogP contribution >= 0.6 is 0 Å². The molecule has 3 aromatic carbocycles. The van der Waals surface area contributed by atoms with E-state index in [4.69, 9.17) is 0 Å². The highest BCUT2D eigenvalue weighted by molar-refractivity contribution is 6.08. The number of ketones is 2. The molecule has 0 fully saturated rings. The van der Waals surface area contributed by atoms with E-state index < -0.39 is 10.8 Å². The molecule has 0 bridgehead atoms. The summed E-state index contributed by atoms with van der Waals surface area (Å²) in [5.41, 5.74) is 5.01. The molecule has 0 aromatic heterocycles. The van der Waals surface area contributed by atoms with Crippen LogP contribution < -0.4 is 4.90 Å². The summed E-state index contributed by atoms with van der Waals surface area (Å²) in [5, 5.41) is 13.5. The Hall–Kier alpha value is -4.06. The van der Waals surface area contributed by atoms with Gasteiger partial charge in [-0.15, -0.1) is 0 Å². The lowest BCUT2D eigenvalue weighted by Crippen LogP contribution is -2.39. The number of hydrogen-bond donors (Lipinski definition) is 0. The molecule has 0 spiro atoms. The Bertz CT molecular complexity index is 1420. The number of hydrogen-bond acceptors (Lipinski definition) is 5. The molecule has 0 atom stereocenters. The Morgan fingerprint density at radius 1 is 0.743 bits per heavy atom. The van der Waals surface area contributed by atoms with E-state index >= 15 is 0 Å². The van der Waals surface area contributed by atoms with Gasteiger partial charge in [0.25, 0.3) is 5.69 Å². The summed E-state index contributed by atoms with van der Waals surface area (Å²) in [6.45, 7) is 0. The van der Waals surface area contributed by atoms with Gasteiger partial charge in [-0.25, -0.2) is 0 Å². The molecule has 1 heterocycles. The van der Waals surface area contributed by atoms with Gasteiger partial charge in [0.1, 0.15) is 0 Å². The van der Waals surface area contributed by atoms with Gasteiger partial charge in [-0.1, -0.05) is 42.5 Å². The Balaban J connectivity index is 1.59. The topological polar surface area (TPSA) is 80.5 Å². The lowest BCUT2D eigenvalue weighted by atomic mass is 9.71. The predicted molar refractivity (Wildman–Crippen MR) is 134 cm³/mol. The number of non-ortho nitro benzene ring substituents is 1. The summed E-state index contributed by atoms with van der Waals surface area (Å²) in [4.78, 5) is 39.8. The Morgan fingerprint density at radius 3 is 1.94 bits per heavy atom. The van der Waals surface area contributed by atoms with Crippen LogP contribution in [0.5, 0.6) is 0 Å². The van der Waals surface area contributed by atoms with E-state index in [0.29, 0.717) is 24.0 Å². The highest BCUT2D eigenvalue weighted by atomic mass is 16.6. The fourth-order valence-electron chi connectivity index (χ4n) is 5.87. The van der Waals surface area contributed by atoms with Crippen molar-refractivity contribution in [1.82, 2.24) is 0 Å². The molecule has 0 saturated carbocycles. The number of carbonyl (C=O) groups is 2. The number of allylic oxidation sites excluding steroid dienone is 4. The zero-order valence-electron chi connectivity index (χ0n) is 19.2. The number of nitro benzene ring substituents is 1. The summed E-state index contributed by atoms with van der Waals surface area (Å²) >= 11 is 0. The third kappa shape index (κ3) is 3.48. The monoisotopic (exact) mass is 464 g/mol. The third-order valence-electron chi connectivity index (χ3n) is 7.40. The highest BCUT2D eigenvalue weighted by Crippen LogP contribution is 2.50. The van der Waals surface area contributed by atoms with Gasteiger partial charge in [-0.3, -0.25) is 19.7 Å². The molecular weight excluding hydrogens is 440 g/mol. The molecule has 6 heteroatoms. The number of rotatable bonds is 3. The lowest BCUT2D eigenvalue weighted by molar-refractivity contribution is -0.384. The number of anilines is 1. The molecule has 6 nitrogen and oxygen atoms in total. The number of nitro groups is 1. The second-order valence-corrected chi connectivity index (χ2v) is 9.42. The fourth-order valence-corrected chi connectivity index (χ4v) is 5.87. The molecule has 0 radical (unpaired) electrons. The first kappa shape index (κ1) is 21.5. The molecule has 6 rings (SSSR count). The van der Waals surface area contributed by atoms with E-state index in [2.05, 4.69) is 35.2 Å². The third-order valence-corrected chi connectivity index (χ3v) is 7.40. The fraction of sp³-hybridized carbons (Fsp3) is 0.241. The van der Waals surface area contributed by atoms with Gasteiger partial charge in [0.2, 0.25) is 0 Å². The maximum Gasteiger partial charge on any atom is 0.269 e. The average Bonchev–Trinajstić information content (AvgIpc) is 2.87. The molecule has 3 aliphatic rings. The van der Waals surface area contributed by atoms with Crippen LogP contribution in [-0.2, 0) is 9.59 Å². The van der Waals surface area contributed by atoms with Crippen LogP contribution in [0.4, 0.5) is 11.4 Å². The summed E-state index contributed by atoms with van der Waals surface area (Å²) < 4.78 is 0. The van der Waals surface area contributed by atoms with E-state index in [-0.39, 0.29) is 17.3 Å². The van der Waals surface area contributed by atoms with Gasteiger partial charge in [-0.05, 0) is 54.2 Å². The summed E-state index contributed by atoms with van der Waals surface area (Å²) in [6, 6.07) is 20.8. The minimum absolute atomic E-state index is 0.00398. The van der Waals surface area contributed by atoms with Crippen molar-refractivity contribution in [3.05, 3.63) is 105 Å². The normalized spacial score (nSPS) is 18.7. The minimum atomic E-state index is -0.474. The minimum Gasteiger partial charge on any atom is -0.317 e. The quantitative estimate of drug-likeness (QED) is 0.332. The first-order chi connectivity index (χ1) is 17.0. The van der Waals surface area contributed by atoms with Crippen molar-refractivity contribution >= 4 is 33.7 Å². The van der Waals surface area contributed by atoms with Gasteiger partial charge in [0.05, 0.1) is 4.92 Å². The van der Waals surface area contributed by atoms with Crippen molar-refractivity contribution in [2.45, 2.75) is 44.4 Å². The zero-order chi connectivity index (χ0) is 24.1. The molecule has 35 heavy (non-hydrogen) atoms. The van der Waals surface area contributed by atoms with Crippen LogP contribution in [-0.4, -0.2) is 16.5 Å². The number of nitrogens with zero attached hydrogens (tertiary/aromatic N) is 2. The number of carbonyl (C=O) groups excluding carboxylic acids is 2. The van der Waals surface area contributed by atoms with E-state index in [1.807, 2.05) is 12.1 Å². The van der Waals surface area contributed by atoms with Gasteiger partial charge in [-0.2, -0.15) is 0 Å². The van der Waals surface area contributed by atoms with Crippen LogP contribution in [0.3, 0.4) is 0 Å². The maximum atomic E-state index is 13.4. The summed E-state index contributed by atoms with van der Waals surface area (Å²) in [5.74, 6) is -0.353. The van der Waals surface area contributed by atoms with E-state index in [0.717, 1.165) is 59.1 Å². The van der Waals surface area contributed by atoms with Crippen LogP contribution in [0.1, 0.15) is 50.0 Å². The first-order valence-corrected chi connectivity index (χ1v) is 12.1. The second-order valence-electron chi connectivity index (χ2n) is 9.42. The van der Waals surface area contributed by atoms with Crippen molar-refractivity contribution in [3.63, 3.8) is 0 Å². The predicted octanol–water partition coefficient (Wildman–Crippen LogP) is 6.37. The standard InChI is InChI=1S/C29H24N2O4/c32-25-9-3-7-23-28(25)27(19-12-14-21(15-13-19)31(34)35)29-24(8-4-10-26(29)33)30(23)22-16-11-18-5-1-2-6-20(18)17-22/h1-2,5-6,11-17,27H,3-4,7-10H2. The number of fused-ring (bicyclic) bond motifs is 1. The Morgan fingerprint density at radius 2 is 1.34 bits per heavy atom. The molecule has 2 aliphatic carbocycles. The number of benzene rings is 3. The van der Waals surface area contributed by atoms with Crippen LogP contribution in [0.15, 0.2) is 89.3 Å². The SMILES string of the molecule is O=C1CCCC2=C1C(c1ccc([N+](=O)[O-])cc1)C1=C(CCCC1=O)N2c1ccc2ccccc2c1. The molecule has 174 valence electrons. The van der Waals surface area contributed by atoms with Crippen molar-refractivity contribution in [3.8, 4) is 0 Å². The zero-order valence-corrected chi connectivity index (χ0v) is 19.2. The van der Waals surface area contributed by atoms with E-state index in [9.17, 15) is 19.7 Å². The number of Topliss-reactive ketones (excluding diaryl/α,β-unsaturated/α-hetero) is 2. The first-order valence-electron chi connectivity index (χ1n) is 12.1. The molecular formula is C29H24N2O4. The summed E-state index contributed by atoms with van der Waals surface area (Å²) in [7, 11) is 0. The van der Waals surface area contributed by atoms with Gasteiger partial charge in [0, 0.05) is 59.1 Å². The van der Waals surface area contributed by atoms with Crippen molar-refractivity contribution in [2.24, 2.45) is 0 Å². The van der Waals surface area contributed by atoms with Gasteiger partial charge < -0.3 is 4.90 Å². The van der Waals surface area contributed by atoms with Crippen LogP contribution in [0.25, 0.3) is 10.8 Å². The second kappa shape index (κ2) is 8.31. The van der Waals surface area contributed by atoms with Crippen LogP contribution in [0.2, 0.25) is 0 Å². The van der Waals surface area contributed by atoms with Crippen molar-refractivity contribution < 1.29 is 14.5 Å². The van der Waals surface area contributed by atoms with Crippen molar-refractivity contribution in [1.29, 1.82) is 0 Å². The Labute approximate surface area is 202 Å². The van der Waals surface area contributed by atoms with Gasteiger partial charge in [0.15, 0.2) is 11.6 Å². The molecule has 0 unspecified atom stereocenters. The van der Waals surface area contributed by atoms with E-state index in [1.165, 1.54) is 12.1 Å². The smallest absolute Gasteiger partial charge is 0.269 e. The molecule has 0 amide bonds.